The molecule has 1 amide bonds. The molecule has 0 radical (unpaired) electrons. The Morgan fingerprint density at radius 1 is 1.39 bits per heavy atom. The van der Waals surface area contributed by atoms with Gasteiger partial charge in [0.1, 0.15) is 11.8 Å². The number of aliphatic carboxylic acids is 1. The predicted molar refractivity (Wildman–Crippen MR) is 60.1 cm³/mol. The highest BCUT2D eigenvalue weighted by Crippen LogP contribution is 2.16. The van der Waals surface area contributed by atoms with Gasteiger partial charge in [-0.2, -0.15) is 0 Å². The van der Waals surface area contributed by atoms with Crippen LogP contribution >= 0.6 is 0 Å². The topological polar surface area (TPSA) is 76.1 Å². The van der Waals surface area contributed by atoms with Crippen LogP contribution in [-0.4, -0.2) is 59.6 Å². The summed E-state index contributed by atoms with van der Waals surface area (Å²) >= 11 is 0. The molecule has 104 valence electrons. The van der Waals surface area contributed by atoms with Crippen LogP contribution in [0.3, 0.4) is 0 Å². The van der Waals surface area contributed by atoms with Crippen LogP contribution in [0.25, 0.3) is 0 Å². The molecule has 1 N–H and O–H groups in total. The predicted octanol–water partition coefficient (Wildman–Crippen LogP) is 1.05. The molecule has 1 aliphatic heterocycles. The lowest BCUT2D eigenvalue weighted by Gasteiger charge is -2.29. The maximum atomic E-state index is 13.4. The molecule has 1 aliphatic rings. The van der Waals surface area contributed by atoms with E-state index < -0.39 is 29.9 Å². The van der Waals surface area contributed by atoms with E-state index in [1.165, 1.54) is 0 Å². The lowest BCUT2D eigenvalue weighted by atomic mass is 10.2. The van der Waals surface area contributed by atoms with Gasteiger partial charge in [-0.3, -0.25) is 4.90 Å². The number of carbonyl (C=O) groups excluding carboxylic acids is 1. The summed E-state index contributed by atoms with van der Waals surface area (Å²) in [4.78, 5) is 23.8. The van der Waals surface area contributed by atoms with E-state index in [0.29, 0.717) is 0 Å². The molecule has 2 atom stereocenters. The maximum Gasteiger partial charge on any atom is 0.411 e. The molecule has 0 bridgehead atoms. The minimum Gasteiger partial charge on any atom is -0.480 e. The molecule has 2 unspecified atom stereocenters. The van der Waals surface area contributed by atoms with E-state index in [-0.39, 0.29) is 19.8 Å². The van der Waals surface area contributed by atoms with Gasteiger partial charge in [0.25, 0.3) is 0 Å². The Morgan fingerprint density at radius 3 is 2.50 bits per heavy atom. The van der Waals surface area contributed by atoms with Crippen LogP contribution in [0.15, 0.2) is 0 Å². The number of rotatable bonds is 1. The molecule has 1 saturated heterocycles. The molecular weight excluding hydrogens is 245 g/mol. The first-order valence-electron chi connectivity index (χ1n) is 5.65. The van der Waals surface area contributed by atoms with E-state index in [0.717, 1.165) is 4.90 Å². The third-order valence-electron chi connectivity index (χ3n) is 2.26. The van der Waals surface area contributed by atoms with Gasteiger partial charge in [-0.15, -0.1) is 0 Å². The quantitative estimate of drug-likeness (QED) is 0.765. The first-order valence-corrected chi connectivity index (χ1v) is 5.65. The average molecular weight is 263 g/mol. The summed E-state index contributed by atoms with van der Waals surface area (Å²) in [6.45, 7) is 4.16. The van der Waals surface area contributed by atoms with Crippen LogP contribution in [-0.2, 0) is 14.3 Å². The number of nitrogens with zero attached hydrogens (tertiary/aromatic N) is 1. The molecule has 0 saturated carbocycles. The molecule has 0 aromatic rings. The number of carboxylic acid groups (broad SMARTS) is 1. The second kappa shape index (κ2) is 5.51. The van der Waals surface area contributed by atoms with Crippen molar-refractivity contribution in [2.24, 2.45) is 0 Å². The van der Waals surface area contributed by atoms with Gasteiger partial charge in [0.15, 0.2) is 6.04 Å². The van der Waals surface area contributed by atoms with Crippen molar-refractivity contribution in [2.45, 2.75) is 38.6 Å². The number of hydrogen-bond donors (Lipinski definition) is 1. The van der Waals surface area contributed by atoms with Crippen molar-refractivity contribution < 1.29 is 28.6 Å². The van der Waals surface area contributed by atoms with E-state index in [4.69, 9.17) is 14.6 Å². The smallest absolute Gasteiger partial charge is 0.411 e. The summed E-state index contributed by atoms with van der Waals surface area (Å²) in [6.07, 6.45) is -2.26. The second-order valence-corrected chi connectivity index (χ2v) is 5.12. The zero-order valence-corrected chi connectivity index (χ0v) is 10.7. The van der Waals surface area contributed by atoms with Gasteiger partial charge < -0.3 is 14.6 Å². The van der Waals surface area contributed by atoms with Crippen molar-refractivity contribution in [2.75, 3.05) is 19.8 Å². The number of halogens is 1. The Balaban J connectivity index is 2.83. The normalized spacial score (nSPS) is 25.4. The number of carboxylic acids is 1. The van der Waals surface area contributed by atoms with Crippen LogP contribution in [0.4, 0.5) is 9.18 Å². The van der Waals surface area contributed by atoms with Crippen LogP contribution < -0.4 is 0 Å². The van der Waals surface area contributed by atoms with Crippen LogP contribution in [0.2, 0.25) is 0 Å². The number of hydrogen-bond acceptors (Lipinski definition) is 4. The molecule has 1 heterocycles. The molecule has 6 nitrogen and oxygen atoms in total. The summed E-state index contributed by atoms with van der Waals surface area (Å²) in [5.74, 6) is -1.24. The molecule has 0 aliphatic carbocycles. The molecule has 0 spiro atoms. The van der Waals surface area contributed by atoms with Gasteiger partial charge >= 0.3 is 12.1 Å². The van der Waals surface area contributed by atoms with Gasteiger partial charge in [-0.05, 0) is 20.8 Å². The fraction of sp³-hybridized carbons (Fsp3) is 0.818. The van der Waals surface area contributed by atoms with Gasteiger partial charge in [0.05, 0.1) is 19.8 Å². The molecule has 0 aromatic carbocycles. The summed E-state index contributed by atoms with van der Waals surface area (Å²) in [6, 6.07) is -1.22. The van der Waals surface area contributed by atoms with Crippen LogP contribution in [0.1, 0.15) is 20.8 Å². The Hall–Kier alpha value is -1.37. The molecular formula is C11H18FNO5. The molecule has 1 fully saturated rings. The van der Waals surface area contributed by atoms with E-state index in [1.54, 1.807) is 20.8 Å². The number of amides is 1. The first kappa shape index (κ1) is 14.7. The highest BCUT2D eigenvalue weighted by molar-refractivity contribution is 5.80. The number of ether oxygens (including phenoxy) is 2. The minimum absolute atomic E-state index is 0.219. The van der Waals surface area contributed by atoms with Gasteiger partial charge in [-0.25, -0.2) is 14.0 Å². The molecule has 0 aromatic heterocycles. The van der Waals surface area contributed by atoms with Crippen molar-refractivity contribution in [3.8, 4) is 0 Å². The summed E-state index contributed by atoms with van der Waals surface area (Å²) in [5, 5.41) is 9.02. The van der Waals surface area contributed by atoms with Crippen molar-refractivity contribution >= 4 is 12.1 Å². The number of alkyl halides is 1. The third-order valence-corrected chi connectivity index (χ3v) is 2.26. The minimum atomic E-state index is -1.41. The summed E-state index contributed by atoms with van der Waals surface area (Å²) < 4.78 is 23.3. The molecule has 7 heteroatoms. The van der Waals surface area contributed by atoms with Gasteiger partial charge in [-0.1, -0.05) is 0 Å². The lowest BCUT2D eigenvalue weighted by molar-refractivity contribution is -0.144. The van der Waals surface area contributed by atoms with E-state index in [2.05, 4.69) is 0 Å². The van der Waals surface area contributed by atoms with Crippen molar-refractivity contribution in [1.29, 1.82) is 0 Å². The largest absolute Gasteiger partial charge is 0.480 e. The standard InChI is InChI=1S/C11H18FNO5/c1-11(2,3)18-10(16)13-4-7(12)5-17-6-8(13)9(14)15/h7-8H,4-6H2,1-3H3,(H,14,15). The maximum absolute atomic E-state index is 13.4. The fourth-order valence-electron chi connectivity index (χ4n) is 1.52. The zero-order valence-electron chi connectivity index (χ0n) is 10.7. The van der Waals surface area contributed by atoms with Crippen LogP contribution in [0, 0.1) is 0 Å². The lowest BCUT2D eigenvalue weighted by Crippen LogP contribution is -2.49. The van der Waals surface area contributed by atoms with Gasteiger partial charge in [0, 0.05) is 0 Å². The first-order chi connectivity index (χ1) is 8.20. The van der Waals surface area contributed by atoms with Crippen molar-refractivity contribution in [3.05, 3.63) is 0 Å². The second-order valence-electron chi connectivity index (χ2n) is 5.12. The Morgan fingerprint density at radius 2 is 2.00 bits per heavy atom. The van der Waals surface area contributed by atoms with Crippen molar-refractivity contribution in [1.82, 2.24) is 4.90 Å². The SMILES string of the molecule is CC(C)(C)OC(=O)N1CC(F)COCC1C(=O)O. The van der Waals surface area contributed by atoms with Crippen LogP contribution in [0.5, 0.6) is 0 Å². The Kier molecular flexibility index (Phi) is 4.50. The molecule has 18 heavy (non-hydrogen) atoms. The van der Waals surface area contributed by atoms with E-state index >= 15 is 0 Å². The van der Waals surface area contributed by atoms with Crippen molar-refractivity contribution in [3.63, 3.8) is 0 Å². The van der Waals surface area contributed by atoms with E-state index in [1.807, 2.05) is 0 Å². The monoisotopic (exact) mass is 263 g/mol. The molecule has 1 rings (SSSR count). The Labute approximate surface area is 105 Å². The summed E-state index contributed by atoms with van der Waals surface area (Å²) in [5.41, 5.74) is -0.765. The number of carbonyl (C=O) groups is 2. The average Bonchev–Trinajstić information content (AvgIpc) is 2.37. The zero-order chi connectivity index (χ0) is 13.9. The highest BCUT2D eigenvalue weighted by atomic mass is 19.1. The third kappa shape index (κ3) is 4.14. The van der Waals surface area contributed by atoms with E-state index in [9.17, 15) is 14.0 Å². The summed E-state index contributed by atoms with van der Waals surface area (Å²) in [7, 11) is 0. The fourth-order valence-corrected chi connectivity index (χ4v) is 1.52. The van der Waals surface area contributed by atoms with Gasteiger partial charge in [0.2, 0.25) is 0 Å². The highest BCUT2D eigenvalue weighted by Gasteiger charge is 2.37. The Bertz CT molecular complexity index is 328.